The van der Waals surface area contributed by atoms with Gasteiger partial charge < -0.3 is 9.64 Å². The number of hydrogen-bond acceptors (Lipinski definition) is 3. The van der Waals surface area contributed by atoms with E-state index in [1.165, 1.54) is 17.7 Å². The Labute approximate surface area is 155 Å². The van der Waals surface area contributed by atoms with E-state index in [9.17, 15) is 0 Å². The molecule has 1 saturated heterocycles. The molecule has 25 heavy (non-hydrogen) atoms. The van der Waals surface area contributed by atoms with Crippen molar-refractivity contribution in [3.8, 4) is 5.75 Å². The zero-order valence-electron chi connectivity index (χ0n) is 14.9. The Hall–Kier alpha value is -1.71. The molecule has 2 fully saturated rings. The zero-order valence-corrected chi connectivity index (χ0v) is 15.6. The van der Waals surface area contributed by atoms with E-state index in [0.717, 1.165) is 31.3 Å². The van der Waals surface area contributed by atoms with E-state index < -0.39 is 0 Å². The van der Waals surface area contributed by atoms with E-state index in [2.05, 4.69) is 59.2 Å². The first kappa shape index (κ1) is 16.7. The fourth-order valence-electron chi connectivity index (χ4n) is 4.14. The van der Waals surface area contributed by atoms with Crippen LogP contribution in [0.2, 0.25) is 5.02 Å². The molecule has 1 saturated carbocycles. The molecular weight excluding hydrogens is 332 g/mol. The second kappa shape index (κ2) is 6.89. The topological polar surface area (TPSA) is 15.7 Å². The summed E-state index contributed by atoms with van der Waals surface area (Å²) in [6, 6.07) is 18.2. The molecule has 3 unspecified atom stereocenters. The first-order valence-corrected chi connectivity index (χ1v) is 9.44. The molecule has 2 aromatic rings. The van der Waals surface area contributed by atoms with Gasteiger partial charge in [-0.05, 0) is 31.0 Å². The van der Waals surface area contributed by atoms with Crippen LogP contribution in [-0.2, 0) is 0 Å². The highest BCUT2D eigenvalue weighted by molar-refractivity contribution is 6.32. The zero-order chi connectivity index (χ0) is 17.4. The van der Waals surface area contributed by atoms with Gasteiger partial charge >= 0.3 is 0 Å². The van der Waals surface area contributed by atoms with E-state index >= 15 is 0 Å². The second-order valence-electron chi connectivity index (χ2n) is 7.18. The summed E-state index contributed by atoms with van der Waals surface area (Å²) in [6.07, 6.45) is 1.30. The van der Waals surface area contributed by atoms with Crippen LogP contribution in [0.25, 0.3) is 0 Å². The Morgan fingerprint density at radius 2 is 1.88 bits per heavy atom. The highest BCUT2D eigenvalue weighted by Gasteiger charge is 2.44. The third-order valence-corrected chi connectivity index (χ3v) is 5.89. The van der Waals surface area contributed by atoms with E-state index in [1.807, 2.05) is 6.07 Å². The van der Waals surface area contributed by atoms with Crippen LogP contribution in [0.5, 0.6) is 5.75 Å². The van der Waals surface area contributed by atoms with Gasteiger partial charge in [-0.2, -0.15) is 0 Å². The molecule has 0 bridgehead atoms. The fourth-order valence-corrected chi connectivity index (χ4v) is 4.34. The van der Waals surface area contributed by atoms with Crippen LogP contribution in [-0.4, -0.2) is 43.7 Å². The number of hydrogen-bond donors (Lipinski definition) is 0. The summed E-state index contributed by atoms with van der Waals surface area (Å²) in [5.41, 5.74) is 2.69. The average Bonchev–Trinajstić information content (AvgIpc) is 3.44. The number of halogens is 1. The molecule has 4 heteroatoms. The van der Waals surface area contributed by atoms with Crippen LogP contribution in [0.15, 0.2) is 48.5 Å². The van der Waals surface area contributed by atoms with Gasteiger partial charge in [0.05, 0.1) is 12.1 Å². The van der Waals surface area contributed by atoms with Gasteiger partial charge in [0.2, 0.25) is 0 Å². The Balaban J connectivity index is 1.41. The summed E-state index contributed by atoms with van der Waals surface area (Å²) in [7, 11) is 1.67. The lowest BCUT2D eigenvalue weighted by atomic mass is 10.1. The van der Waals surface area contributed by atoms with Gasteiger partial charge in [0.25, 0.3) is 0 Å². The van der Waals surface area contributed by atoms with Crippen molar-refractivity contribution in [3.05, 3.63) is 59.1 Å². The van der Waals surface area contributed by atoms with Gasteiger partial charge in [0, 0.05) is 49.4 Å². The molecule has 1 heterocycles. The maximum atomic E-state index is 6.17. The molecule has 0 radical (unpaired) electrons. The SMILES string of the molecule is COc1cc(N2CCN(C3CC3c3ccccc3)CC2C)ccc1Cl. The van der Waals surface area contributed by atoms with Crippen molar-refractivity contribution in [2.75, 3.05) is 31.6 Å². The molecule has 132 valence electrons. The van der Waals surface area contributed by atoms with E-state index in [1.54, 1.807) is 7.11 Å². The summed E-state index contributed by atoms with van der Waals surface area (Å²) in [6.45, 7) is 5.58. The van der Waals surface area contributed by atoms with Crippen LogP contribution in [0, 0.1) is 0 Å². The minimum atomic E-state index is 0.483. The lowest BCUT2D eigenvalue weighted by Crippen LogP contribution is -2.52. The Morgan fingerprint density at radius 1 is 1.08 bits per heavy atom. The molecule has 0 amide bonds. The Bertz CT molecular complexity index is 736. The van der Waals surface area contributed by atoms with E-state index in [-0.39, 0.29) is 0 Å². The normalized spacial score (nSPS) is 26.5. The molecule has 2 aliphatic rings. The minimum Gasteiger partial charge on any atom is -0.495 e. The summed E-state index contributed by atoms with van der Waals surface area (Å²) in [5.74, 6) is 1.47. The standard InChI is InChI=1S/C21H25ClN2O/c1-15-14-23(20-13-18(20)16-6-4-3-5-7-16)10-11-24(15)17-8-9-19(22)21(12-17)25-2/h3-9,12,15,18,20H,10-11,13-14H2,1-2H3. The predicted molar refractivity (Wildman–Crippen MR) is 104 cm³/mol. The third-order valence-electron chi connectivity index (χ3n) is 5.58. The van der Waals surface area contributed by atoms with Crippen molar-refractivity contribution in [1.82, 2.24) is 4.90 Å². The van der Waals surface area contributed by atoms with Gasteiger partial charge in [-0.3, -0.25) is 4.90 Å². The number of piperazine rings is 1. The van der Waals surface area contributed by atoms with Gasteiger partial charge in [-0.1, -0.05) is 41.9 Å². The third kappa shape index (κ3) is 3.36. The van der Waals surface area contributed by atoms with E-state index in [4.69, 9.17) is 16.3 Å². The van der Waals surface area contributed by atoms with Gasteiger partial charge in [-0.15, -0.1) is 0 Å². The largest absolute Gasteiger partial charge is 0.495 e. The minimum absolute atomic E-state index is 0.483. The van der Waals surface area contributed by atoms with Crippen LogP contribution in [0.4, 0.5) is 5.69 Å². The maximum Gasteiger partial charge on any atom is 0.139 e. The molecule has 0 N–H and O–H groups in total. The molecule has 1 aliphatic carbocycles. The van der Waals surface area contributed by atoms with Crippen molar-refractivity contribution in [1.29, 1.82) is 0 Å². The second-order valence-corrected chi connectivity index (χ2v) is 7.58. The smallest absolute Gasteiger partial charge is 0.139 e. The average molecular weight is 357 g/mol. The van der Waals surface area contributed by atoms with E-state index in [0.29, 0.717) is 17.1 Å². The number of rotatable bonds is 4. The molecule has 0 aromatic heterocycles. The van der Waals surface area contributed by atoms with Crippen LogP contribution in [0.1, 0.15) is 24.8 Å². The van der Waals surface area contributed by atoms with Crippen molar-refractivity contribution in [2.45, 2.75) is 31.3 Å². The van der Waals surface area contributed by atoms with Crippen molar-refractivity contribution in [2.24, 2.45) is 0 Å². The van der Waals surface area contributed by atoms with Crippen LogP contribution in [0.3, 0.4) is 0 Å². The highest BCUT2D eigenvalue weighted by atomic mass is 35.5. The summed E-state index contributed by atoms with van der Waals surface area (Å²) in [5, 5.41) is 0.668. The summed E-state index contributed by atoms with van der Waals surface area (Å²) < 4.78 is 5.38. The molecule has 4 rings (SSSR count). The maximum absolute atomic E-state index is 6.17. The van der Waals surface area contributed by atoms with Crippen LogP contribution >= 0.6 is 11.6 Å². The van der Waals surface area contributed by atoms with Gasteiger partial charge in [0.1, 0.15) is 5.75 Å². The molecule has 1 aliphatic heterocycles. The van der Waals surface area contributed by atoms with Crippen molar-refractivity contribution >= 4 is 17.3 Å². The fraction of sp³-hybridized carbons (Fsp3) is 0.429. The monoisotopic (exact) mass is 356 g/mol. The van der Waals surface area contributed by atoms with Crippen LogP contribution < -0.4 is 9.64 Å². The first-order valence-electron chi connectivity index (χ1n) is 9.06. The lowest BCUT2D eigenvalue weighted by Gasteiger charge is -2.41. The van der Waals surface area contributed by atoms with Crippen molar-refractivity contribution < 1.29 is 4.74 Å². The van der Waals surface area contributed by atoms with Gasteiger partial charge in [0.15, 0.2) is 0 Å². The van der Waals surface area contributed by atoms with Gasteiger partial charge in [-0.25, -0.2) is 0 Å². The molecule has 3 nitrogen and oxygen atoms in total. The summed E-state index contributed by atoms with van der Waals surface area (Å²) in [4.78, 5) is 5.14. The predicted octanol–water partition coefficient (Wildman–Crippen LogP) is 4.42. The number of ether oxygens (including phenoxy) is 1. The number of anilines is 1. The molecular formula is C21H25ClN2O. The highest BCUT2D eigenvalue weighted by Crippen LogP contribution is 2.45. The lowest BCUT2D eigenvalue weighted by molar-refractivity contribution is 0.216. The molecule has 2 aromatic carbocycles. The molecule has 3 atom stereocenters. The van der Waals surface area contributed by atoms with Crippen molar-refractivity contribution in [3.63, 3.8) is 0 Å². The summed E-state index contributed by atoms with van der Waals surface area (Å²) >= 11 is 6.17. The number of methoxy groups -OCH3 is 1. The number of nitrogens with zero attached hydrogens (tertiary/aromatic N) is 2. The quantitative estimate of drug-likeness (QED) is 0.806. The molecule has 0 spiro atoms. The Kier molecular flexibility index (Phi) is 4.61. The Morgan fingerprint density at radius 3 is 2.60 bits per heavy atom. The first-order chi connectivity index (χ1) is 12.2. The number of benzene rings is 2.